The van der Waals surface area contributed by atoms with Crippen LogP contribution in [0.3, 0.4) is 0 Å². The molecule has 0 amide bonds. The van der Waals surface area contributed by atoms with Crippen LogP contribution in [0.5, 0.6) is 5.75 Å². The summed E-state index contributed by atoms with van der Waals surface area (Å²) >= 11 is 0. The molecule has 1 heterocycles. The molecule has 0 atom stereocenters. The average Bonchev–Trinajstić information content (AvgIpc) is 2.82. The van der Waals surface area contributed by atoms with Crippen molar-refractivity contribution >= 4 is 38.9 Å². The molecule has 0 radical (unpaired) electrons. The van der Waals surface area contributed by atoms with Gasteiger partial charge in [0.05, 0.1) is 12.0 Å². The third kappa shape index (κ3) is 6.07. The van der Waals surface area contributed by atoms with Crippen molar-refractivity contribution in [2.24, 2.45) is 0 Å². The zero-order valence-electron chi connectivity index (χ0n) is 20.0. The van der Waals surface area contributed by atoms with Gasteiger partial charge in [0.25, 0.3) is 10.0 Å². The Balaban J connectivity index is 1.45. The fraction of sp³-hybridized carbons (Fsp3) is 0.154. The molecule has 180 valence electrons. The second-order valence-electron chi connectivity index (χ2n) is 8.13. The Kier molecular flexibility index (Phi) is 6.88. The predicted molar refractivity (Wildman–Crippen MR) is 139 cm³/mol. The van der Waals surface area contributed by atoms with Gasteiger partial charge >= 0.3 is 0 Å². The van der Waals surface area contributed by atoms with E-state index in [-0.39, 0.29) is 4.90 Å². The summed E-state index contributed by atoms with van der Waals surface area (Å²) in [5, 5.41) is 6.42. The van der Waals surface area contributed by atoms with Crippen molar-refractivity contribution in [1.29, 1.82) is 0 Å². The van der Waals surface area contributed by atoms with Gasteiger partial charge in [-0.15, -0.1) is 0 Å². The molecule has 9 heteroatoms. The lowest BCUT2D eigenvalue weighted by molar-refractivity contribution is 0.415. The predicted octanol–water partition coefficient (Wildman–Crippen LogP) is 5.70. The van der Waals surface area contributed by atoms with Gasteiger partial charge in [0.15, 0.2) is 0 Å². The third-order valence-corrected chi connectivity index (χ3v) is 6.78. The first-order valence-corrected chi connectivity index (χ1v) is 12.4. The molecule has 0 aliphatic heterocycles. The molecule has 0 aliphatic carbocycles. The summed E-state index contributed by atoms with van der Waals surface area (Å²) in [6, 6.07) is 21.4. The standard InChI is InChI=1S/C26H27N5O3S/c1-17-5-14-24(15-18(17)2)35(32,33)31-22-8-6-21(7-9-22)29-26-27-19(3)16-25(30-26)28-20-10-12-23(34-4)13-11-20/h5-16,31H,1-4H3,(H2,27,28,29,30). The van der Waals surface area contributed by atoms with E-state index in [9.17, 15) is 8.42 Å². The number of sulfonamides is 1. The van der Waals surface area contributed by atoms with Crippen LogP contribution in [0.2, 0.25) is 0 Å². The van der Waals surface area contributed by atoms with E-state index in [1.54, 1.807) is 49.6 Å². The number of nitrogens with zero attached hydrogens (tertiary/aromatic N) is 2. The smallest absolute Gasteiger partial charge is 0.261 e. The van der Waals surface area contributed by atoms with E-state index in [1.807, 2.05) is 51.1 Å². The second-order valence-corrected chi connectivity index (χ2v) is 9.81. The highest BCUT2D eigenvalue weighted by Gasteiger charge is 2.15. The van der Waals surface area contributed by atoms with Crippen LogP contribution in [0, 0.1) is 20.8 Å². The van der Waals surface area contributed by atoms with Crippen molar-refractivity contribution in [2.45, 2.75) is 25.7 Å². The molecule has 0 saturated carbocycles. The third-order valence-electron chi connectivity index (χ3n) is 5.40. The molecule has 8 nitrogen and oxygen atoms in total. The number of ether oxygens (including phenoxy) is 1. The number of nitrogens with one attached hydrogen (secondary N) is 3. The molecule has 0 aliphatic rings. The first-order chi connectivity index (χ1) is 16.7. The molecule has 3 aromatic carbocycles. The maximum Gasteiger partial charge on any atom is 0.261 e. The quantitative estimate of drug-likeness (QED) is 0.292. The van der Waals surface area contributed by atoms with E-state index in [1.165, 1.54) is 0 Å². The van der Waals surface area contributed by atoms with Crippen molar-refractivity contribution in [3.05, 3.63) is 89.6 Å². The summed E-state index contributed by atoms with van der Waals surface area (Å²) in [6.45, 7) is 5.72. The Morgan fingerprint density at radius 2 is 1.34 bits per heavy atom. The van der Waals surface area contributed by atoms with Gasteiger partial charge in [-0.25, -0.2) is 13.4 Å². The maximum absolute atomic E-state index is 12.7. The number of hydrogen-bond acceptors (Lipinski definition) is 7. The zero-order valence-corrected chi connectivity index (χ0v) is 20.8. The summed E-state index contributed by atoms with van der Waals surface area (Å²) in [5.74, 6) is 1.84. The van der Waals surface area contributed by atoms with E-state index >= 15 is 0 Å². The monoisotopic (exact) mass is 489 g/mol. The van der Waals surface area contributed by atoms with Crippen LogP contribution < -0.4 is 20.1 Å². The Morgan fingerprint density at radius 1 is 0.714 bits per heavy atom. The summed E-state index contributed by atoms with van der Waals surface area (Å²) in [4.78, 5) is 9.20. The van der Waals surface area contributed by atoms with E-state index in [0.717, 1.165) is 33.9 Å². The molecule has 1 aromatic heterocycles. The SMILES string of the molecule is COc1ccc(Nc2cc(C)nc(Nc3ccc(NS(=O)(=O)c4ccc(C)c(C)c4)cc3)n2)cc1. The zero-order chi connectivity index (χ0) is 25.0. The van der Waals surface area contributed by atoms with E-state index in [0.29, 0.717) is 17.5 Å². The number of anilines is 5. The normalized spacial score (nSPS) is 11.1. The van der Waals surface area contributed by atoms with Gasteiger partial charge in [-0.1, -0.05) is 6.07 Å². The Labute approximate surface area is 205 Å². The molecular weight excluding hydrogens is 462 g/mol. The van der Waals surface area contributed by atoms with E-state index in [4.69, 9.17) is 4.74 Å². The van der Waals surface area contributed by atoms with Gasteiger partial charge in [-0.3, -0.25) is 4.72 Å². The van der Waals surface area contributed by atoms with Gasteiger partial charge < -0.3 is 15.4 Å². The van der Waals surface area contributed by atoms with Crippen LogP contribution in [0.15, 0.2) is 77.7 Å². The van der Waals surface area contributed by atoms with Crippen molar-refractivity contribution in [3.8, 4) is 5.75 Å². The number of methoxy groups -OCH3 is 1. The first kappa shape index (κ1) is 24.0. The molecule has 4 aromatic rings. The van der Waals surface area contributed by atoms with Crippen molar-refractivity contribution in [1.82, 2.24) is 9.97 Å². The minimum Gasteiger partial charge on any atom is -0.497 e. The maximum atomic E-state index is 12.7. The lowest BCUT2D eigenvalue weighted by Crippen LogP contribution is -2.13. The van der Waals surface area contributed by atoms with Crippen molar-refractivity contribution in [2.75, 3.05) is 22.5 Å². The summed E-state index contributed by atoms with van der Waals surface area (Å²) < 4.78 is 33.3. The fourth-order valence-corrected chi connectivity index (χ4v) is 4.50. The topological polar surface area (TPSA) is 105 Å². The molecule has 0 spiro atoms. The van der Waals surface area contributed by atoms with Gasteiger partial charge in [0.2, 0.25) is 5.95 Å². The van der Waals surface area contributed by atoms with Crippen LogP contribution in [-0.2, 0) is 10.0 Å². The highest BCUT2D eigenvalue weighted by Crippen LogP contribution is 2.23. The second kappa shape index (κ2) is 10.0. The lowest BCUT2D eigenvalue weighted by atomic mass is 10.1. The van der Waals surface area contributed by atoms with Gasteiger partial charge in [-0.2, -0.15) is 4.98 Å². The number of benzene rings is 3. The van der Waals surface area contributed by atoms with Crippen molar-refractivity contribution < 1.29 is 13.2 Å². The van der Waals surface area contributed by atoms with Gasteiger partial charge in [-0.05, 0) is 92.6 Å². The molecule has 0 bridgehead atoms. The number of aryl methyl sites for hydroxylation is 3. The number of rotatable bonds is 8. The molecule has 3 N–H and O–H groups in total. The van der Waals surface area contributed by atoms with Crippen LogP contribution in [0.1, 0.15) is 16.8 Å². The van der Waals surface area contributed by atoms with E-state index < -0.39 is 10.0 Å². The number of hydrogen-bond donors (Lipinski definition) is 3. The highest BCUT2D eigenvalue weighted by molar-refractivity contribution is 7.92. The molecule has 0 saturated heterocycles. The lowest BCUT2D eigenvalue weighted by Gasteiger charge is -2.12. The molecule has 4 rings (SSSR count). The van der Waals surface area contributed by atoms with Crippen LogP contribution >= 0.6 is 0 Å². The largest absolute Gasteiger partial charge is 0.497 e. The minimum absolute atomic E-state index is 0.229. The van der Waals surface area contributed by atoms with Crippen LogP contribution in [-0.4, -0.2) is 25.5 Å². The molecule has 0 fully saturated rings. The fourth-order valence-electron chi connectivity index (χ4n) is 3.36. The Morgan fingerprint density at radius 3 is 2.00 bits per heavy atom. The average molecular weight is 490 g/mol. The summed E-state index contributed by atoms with van der Waals surface area (Å²) in [6.07, 6.45) is 0. The van der Waals surface area contributed by atoms with Crippen LogP contribution in [0.4, 0.5) is 28.8 Å². The highest BCUT2D eigenvalue weighted by atomic mass is 32.2. The number of aromatic nitrogens is 2. The summed E-state index contributed by atoms with van der Waals surface area (Å²) in [5.41, 5.74) is 4.80. The van der Waals surface area contributed by atoms with E-state index in [2.05, 4.69) is 25.3 Å². The first-order valence-electron chi connectivity index (χ1n) is 11.0. The van der Waals surface area contributed by atoms with Crippen molar-refractivity contribution in [3.63, 3.8) is 0 Å². The molecular formula is C26H27N5O3S. The van der Waals surface area contributed by atoms with Crippen LogP contribution in [0.25, 0.3) is 0 Å². The minimum atomic E-state index is -3.68. The summed E-state index contributed by atoms with van der Waals surface area (Å²) in [7, 11) is -2.06. The van der Waals surface area contributed by atoms with Gasteiger partial charge in [0, 0.05) is 28.8 Å². The molecule has 35 heavy (non-hydrogen) atoms. The Bertz CT molecular complexity index is 1440. The van der Waals surface area contributed by atoms with Gasteiger partial charge in [0.1, 0.15) is 11.6 Å². The Hall–Kier alpha value is -4.11. The molecule has 0 unspecified atom stereocenters.